The van der Waals surface area contributed by atoms with Crippen LogP contribution < -0.4 is 10.2 Å². The molecule has 0 aromatic heterocycles. The summed E-state index contributed by atoms with van der Waals surface area (Å²) >= 11 is 0. The van der Waals surface area contributed by atoms with Crippen LogP contribution in [0.25, 0.3) is 0 Å². The van der Waals surface area contributed by atoms with Crippen LogP contribution in [0.2, 0.25) is 0 Å². The Morgan fingerprint density at radius 2 is 1.63 bits per heavy atom. The van der Waals surface area contributed by atoms with Crippen LogP contribution in [0.5, 0.6) is 0 Å². The van der Waals surface area contributed by atoms with Gasteiger partial charge in [-0.3, -0.25) is 9.59 Å². The SMILES string of the molecule is CN1CCC(CN2C[C@H](C(=O)Nc3cccc(N4CCN(C)CC4)c3)c3ccccc3C2=O)CC1. The lowest BCUT2D eigenvalue weighted by Gasteiger charge is -2.38. The Labute approximate surface area is 208 Å². The fraction of sp³-hybridized carbons (Fsp3) is 0.500. The monoisotopic (exact) mass is 475 g/mol. The molecule has 0 radical (unpaired) electrons. The number of nitrogens with one attached hydrogen (secondary N) is 1. The van der Waals surface area contributed by atoms with Crippen LogP contribution in [-0.4, -0.2) is 93.0 Å². The quantitative estimate of drug-likeness (QED) is 0.721. The minimum atomic E-state index is -0.373. The lowest BCUT2D eigenvalue weighted by atomic mass is 9.87. The number of nitrogens with zero attached hydrogens (tertiary/aromatic N) is 4. The maximum absolute atomic E-state index is 13.6. The summed E-state index contributed by atoms with van der Waals surface area (Å²) in [5.41, 5.74) is 3.45. The second kappa shape index (κ2) is 10.4. The number of anilines is 2. The van der Waals surface area contributed by atoms with Crippen molar-refractivity contribution >= 4 is 23.2 Å². The maximum atomic E-state index is 13.6. The number of carbonyl (C=O) groups excluding carboxylic acids is 2. The number of fused-ring (bicyclic) bond motifs is 1. The molecule has 7 nitrogen and oxygen atoms in total. The molecule has 5 rings (SSSR count). The van der Waals surface area contributed by atoms with Crippen molar-refractivity contribution in [1.82, 2.24) is 14.7 Å². The molecule has 1 N–H and O–H groups in total. The molecule has 0 saturated carbocycles. The number of hydrogen-bond donors (Lipinski definition) is 1. The van der Waals surface area contributed by atoms with E-state index in [0.717, 1.165) is 75.6 Å². The highest BCUT2D eigenvalue weighted by Crippen LogP contribution is 2.31. The highest BCUT2D eigenvalue weighted by molar-refractivity contribution is 6.03. The zero-order valence-corrected chi connectivity index (χ0v) is 20.9. The summed E-state index contributed by atoms with van der Waals surface area (Å²) in [6.07, 6.45) is 2.19. The highest BCUT2D eigenvalue weighted by Gasteiger charge is 2.36. The average Bonchev–Trinajstić information content (AvgIpc) is 2.87. The summed E-state index contributed by atoms with van der Waals surface area (Å²) in [5, 5.41) is 3.16. The number of hydrogen-bond acceptors (Lipinski definition) is 5. The fourth-order valence-electron chi connectivity index (χ4n) is 5.58. The van der Waals surface area contributed by atoms with Gasteiger partial charge < -0.3 is 24.9 Å². The van der Waals surface area contributed by atoms with E-state index in [0.29, 0.717) is 18.0 Å². The second-order valence-corrected chi connectivity index (χ2v) is 10.4. The summed E-state index contributed by atoms with van der Waals surface area (Å²) in [7, 11) is 4.30. The van der Waals surface area contributed by atoms with E-state index in [4.69, 9.17) is 0 Å². The van der Waals surface area contributed by atoms with Crippen LogP contribution in [0.1, 0.15) is 34.7 Å². The van der Waals surface area contributed by atoms with E-state index in [9.17, 15) is 9.59 Å². The van der Waals surface area contributed by atoms with Gasteiger partial charge in [-0.25, -0.2) is 0 Å². The molecule has 2 amide bonds. The van der Waals surface area contributed by atoms with Crippen molar-refractivity contribution in [2.24, 2.45) is 5.92 Å². The van der Waals surface area contributed by atoms with Gasteiger partial charge in [-0.15, -0.1) is 0 Å². The lowest BCUT2D eigenvalue weighted by Crippen LogP contribution is -2.46. The largest absolute Gasteiger partial charge is 0.369 e. The van der Waals surface area contributed by atoms with E-state index < -0.39 is 0 Å². The molecule has 3 aliphatic heterocycles. The Bertz CT molecular complexity index is 1060. The molecule has 0 spiro atoms. The number of benzene rings is 2. The Hall–Kier alpha value is -2.90. The van der Waals surface area contributed by atoms with Crippen LogP contribution in [0.4, 0.5) is 11.4 Å². The average molecular weight is 476 g/mol. The Kier molecular flexibility index (Phi) is 7.07. The molecule has 2 aromatic carbocycles. The first kappa shape index (κ1) is 23.8. The van der Waals surface area contributed by atoms with Gasteiger partial charge in [-0.2, -0.15) is 0 Å². The predicted octanol–water partition coefficient (Wildman–Crippen LogP) is 2.96. The molecule has 0 unspecified atom stereocenters. The number of rotatable bonds is 5. The summed E-state index contributed by atoms with van der Waals surface area (Å²) in [4.78, 5) is 35.8. The van der Waals surface area contributed by atoms with Gasteiger partial charge in [0.05, 0.1) is 5.92 Å². The first-order chi connectivity index (χ1) is 17.0. The molecule has 2 fully saturated rings. The topological polar surface area (TPSA) is 59.1 Å². The minimum absolute atomic E-state index is 0.0474. The van der Waals surface area contributed by atoms with E-state index in [1.807, 2.05) is 41.3 Å². The molecule has 186 valence electrons. The van der Waals surface area contributed by atoms with E-state index in [2.05, 4.69) is 46.2 Å². The van der Waals surface area contributed by atoms with E-state index in [1.54, 1.807) is 0 Å². The van der Waals surface area contributed by atoms with Crippen LogP contribution in [0, 0.1) is 5.92 Å². The first-order valence-electron chi connectivity index (χ1n) is 12.9. The number of piperidine rings is 1. The van der Waals surface area contributed by atoms with E-state index in [-0.39, 0.29) is 17.7 Å². The van der Waals surface area contributed by atoms with Gasteiger partial charge in [-0.05, 0) is 75.8 Å². The number of likely N-dealkylation sites (N-methyl/N-ethyl adjacent to an activating group) is 1. The van der Waals surface area contributed by atoms with Crippen molar-refractivity contribution < 1.29 is 9.59 Å². The van der Waals surface area contributed by atoms with Gasteiger partial charge in [0.15, 0.2) is 0 Å². The van der Waals surface area contributed by atoms with Gasteiger partial charge >= 0.3 is 0 Å². The van der Waals surface area contributed by atoms with Crippen molar-refractivity contribution in [1.29, 1.82) is 0 Å². The van der Waals surface area contributed by atoms with Crippen molar-refractivity contribution in [3.8, 4) is 0 Å². The van der Waals surface area contributed by atoms with Crippen molar-refractivity contribution in [2.75, 3.05) is 76.7 Å². The van der Waals surface area contributed by atoms with Crippen LogP contribution in [0.15, 0.2) is 48.5 Å². The van der Waals surface area contributed by atoms with Crippen LogP contribution in [0.3, 0.4) is 0 Å². The van der Waals surface area contributed by atoms with Crippen molar-refractivity contribution in [3.63, 3.8) is 0 Å². The van der Waals surface area contributed by atoms with Crippen LogP contribution >= 0.6 is 0 Å². The van der Waals surface area contributed by atoms with Crippen molar-refractivity contribution in [2.45, 2.75) is 18.8 Å². The highest BCUT2D eigenvalue weighted by atomic mass is 16.2. The lowest BCUT2D eigenvalue weighted by molar-refractivity contribution is -0.118. The molecule has 2 saturated heterocycles. The van der Waals surface area contributed by atoms with Gasteiger partial charge in [0.25, 0.3) is 5.91 Å². The van der Waals surface area contributed by atoms with Gasteiger partial charge in [0.2, 0.25) is 5.91 Å². The van der Waals surface area contributed by atoms with E-state index >= 15 is 0 Å². The second-order valence-electron chi connectivity index (χ2n) is 10.4. The molecule has 1 atom stereocenters. The zero-order chi connectivity index (χ0) is 24.4. The minimum Gasteiger partial charge on any atom is -0.369 e. The summed E-state index contributed by atoms with van der Waals surface area (Å²) in [6, 6.07) is 15.8. The summed E-state index contributed by atoms with van der Waals surface area (Å²) in [5.74, 6) is 0.126. The molecule has 3 aliphatic rings. The van der Waals surface area contributed by atoms with Gasteiger partial charge in [0.1, 0.15) is 0 Å². The molecule has 0 aliphatic carbocycles. The van der Waals surface area contributed by atoms with E-state index in [1.165, 1.54) is 0 Å². The number of likely N-dealkylation sites (tertiary alicyclic amines) is 1. The smallest absolute Gasteiger partial charge is 0.254 e. The van der Waals surface area contributed by atoms with Crippen molar-refractivity contribution in [3.05, 3.63) is 59.7 Å². The first-order valence-corrected chi connectivity index (χ1v) is 12.9. The molecule has 7 heteroatoms. The van der Waals surface area contributed by atoms with Gasteiger partial charge in [0, 0.05) is 56.2 Å². The number of carbonyl (C=O) groups is 2. The summed E-state index contributed by atoms with van der Waals surface area (Å²) < 4.78 is 0. The molecular weight excluding hydrogens is 438 g/mol. The molecule has 0 bridgehead atoms. The third kappa shape index (κ3) is 5.36. The third-order valence-electron chi connectivity index (χ3n) is 7.87. The standard InChI is InChI=1S/C28H37N5O2/c1-30-12-10-21(11-13-30)19-33-20-26(24-8-3-4-9-25(24)28(33)35)27(34)29-22-6-5-7-23(18-22)32-16-14-31(2)15-17-32/h3-9,18,21,26H,10-17,19-20H2,1-2H3,(H,29,34)/t26-/m0/s1. The third-order valence-corrected chi connectivity index (χ3v) is 7.87. The molecular formula is C28H37N5O2. The molecule has 2 aromatic rings. The molecule has 35 heavy (non-hydrogen) atoms. The maximum Gasteiger partial charge on any atom is 0.254 e. The normalized spacial score (nSPS) is 22.2. The zero-order valence-electron chi connectivity index (χ0n) is 20.9. The van der Waals surface area contributed by atoms with Crippen LogP contribution in [-0.2, 0) is 4.79 Å². The van der Waals surface area contributed by atoms with Gasteiger partial charge in [-0.1, -0.05) is 24.3 Å². The molecule has 3 heterocycles. The Balaban J connectivity index is 1.31. The Morgan fingerprint density at radius 3 is 2.40 bits per heavy atom. The Morgan fingerprint density at radius 1 is 0.914 bits per heavy atom. The predicted molar refractivity (Wildman–Crippen MR) is 140 cm³/mol. The fourth-order valence-corrected chi connectivity index (χ4v) is 5.58. The number of amides is 2. The summed E-state index contributed by atoms with van der Waals surface area (Å²) in [6.45, 7) is 7.34. The number of piperazine rings is 1.